The molecule has 2 rings (SSSR count). The van der Waals surface area contributed by atoms with Gasteiger partial charge in [0.05, 0.1) is 11.0 Å². The monoisotopic (exact) mass is 293 g/mol. The predicted octanol–water partition coefficient (Wildman–Crippen LogP) is 2.99. The molecular formula is C15H23N3O3. The van der Waals surface area contributed by atoms with E-state index < -0.39 is 0 Å². The fraction of sp³-hybridized carbons (Fsp3) is 0.600. The quantitative estimate of drug-likeness (QED) is 0.554. The minimum atomic E-state index is -0.372. The first kappa shape index (κ1) is 15.6. The molecule has 1 aliphatic carbocycles. The minimum Gasteiger partial charge on any atom is -0.393 e. The molecule has 6 nitrogen and oxygen atoms in total. The number of nitrogens with zero attached hydrogens (tertiary/aromatic N) is 1. The fourth-order valence-corrected chi connectivity index (χ4v) is 2.74. The second-order valence-electron chi connectivity index (χ2n) is 5.61. The van der Waals surface area contributed by atoms with Crippen molar-refractivity contribution < 1.29 is 10.0 Å². The van der Waals surface area contributed by atoms with Crippen molar-refractivity contribution >= 4 is 17.1 Å². The van der Waals surface area contributed by atoms with Gasteiger partial charge in [-0.15, -0.1) is 0 Å². The molecule has 3 N–H and O–H groups in total. The fourth-order valence-electron chi connectivity index (χ4n) is 2.74. The molecule has 1 aromatic rings. The molecule has 0 atom stereocenters. The first-order chi connectivity index (χ1) is 10.1. The number of aliphatic hydroxyl groups is 1. The van der Waals surface area contributed by atoms with Crippen molar-refractivity contribution in [2.24, 2.45) is 5.92 Å². The van der Waals surface area contributed by atoms with Crippen LogP contribution in [0.3, 0.4) is 0 Å². The molecule has 6 heteroatoms. The molecule has 0 bridgehead atoms. The Morgan fingerprint density at radius 3 is 2.38 bits per heavy atom. The number of nitro groups is 1. The highest BCUT2D eigenvalue weighted by Gasteiger charge is 2.19. The number of nitrogens with one attached hydrogen (secondary N) is 2. The van der Waals surface area contributed by atoms with E-state index in [4.69, 9.17) is 0 Å². The lowest BCUT2D eigenvalue weighted by Gasteiger charge is -2.25. The lowest BCUT2D eigenvalue weighted by Crippen LogP contribution is -2.23. The molecule has 0 aliphatic heterocycles. The van der Waals surface area contributed by atoms with Crippen molar-refractivity contribution in [3.8, 4) is 0 Å². The van der Waals surface area contributed by atoms with E-state index in [0.717, 1.165) is 50.1 Å². The van der Waals surface area contributed by atoms with E-state index in [9.17, 15) is 15.2 Å². The van der Waals surface area contributed by atoms with Gasteiger partial charge in [-0.25, -0.2) is 0 Å². The van der Waals surface area contributed by atoms with Crippen LogP contribution in [0.5, 0.6) is 0 Å². The van der Waals surface area contributed by atoms with Gasteiger partial charge in [0.2, 0.25) is 0 Å². The third-order valence-electron chi connectivity index (χ3n) is 3.92. The molecule has 21 heavy (non-hydrogen) atoms. The summed E-state index contributed by atoms with van der Waals surface area (Å²) in [4.78, 5) is 10.6. The normalized spacial score (nSPS) is 21.8. The van der Waals surface area contributed by atoms with Crippen LogP contribution in [-0.2, 0) is 0 Å². The summed E-state index contributed by atoms with van der Waals surface area (Å²) in [5.74, 6) is 0.523. The predicted molar refractivity (Wildman–Crippen MR) is 83.7 cm³/mol. The maximum absolute atomic E-state index is 11.0. The molecule has 0 radical (unpaired) electrons. The first-order valence-corrected chi connectivity index (χ1v) is 7.53. The van der Waals surface area contributed by atoms with Crippen molar-refractivity contribution in [1.29, 1.82) is 0 Å². The number of benzene rings is 1. The topological polar surface area (TPSA) is 87.4 Å². The second-order valence-corrected chi connectivity index (χ2v) is 5.61. The lowest BCUT2D eigenvalue weighted by molar-refractivity contribution is -0.384. The van der Waals surface area contributed by atoms with Gasteiger partial charge in [-0.2, -0.15) is 0 Å². The van der Waals surface area contributed by atoms with Crippen LogP contribution in [0, 0.1) is 16.0 Å². The average Bonchev–Trinajstić information content (AvgIpc) is 2.47. The Labute approximate surface area is 124 Å². The zero-order valence-corrected chi connectivity index (χ0v) is 12.3. The lowest BCUT2D eigenvalue weighted by atomic mass is 9.87. The van der Waals surface area contributed by atoms with Crippen molar-refractivity contribution in [2.45, 2.75) is 38.7 Å². The average molecular weight is 293 g/mol. The van der Waals surface area contributed by atoms with Gasteiger partial charge in [-0.05, 0) is 44.6 Å². The molecule has 0 aromatic heterocycles. The van der Waals surface area contributed by atoms with Crippen LogP contribution in [0.1, 0.15) is 32.6 Å². The zero-order valence-electron chi connectivity index (χ0n) is 12.3. The van der Waals surface area contributed by atoms with Crippen LogP contribution in [0.4, 0.5) is 17.1 Å². The number of hydrogen-bond donors (Lipinski definition) is 3. The molecule has 0 saturated heterocycles. The Bertz CT molecular complexity index is 485. The maximum atomic E-state index is 11.0. The van der Waals surface area contributed by atoms with Gasteiger partial charge in [0, 0.05) is 36.6 Å². The Kier molecular flexibility index (Phi) is 5.38. The van der Waals surface area contributed by atoms with Crippen molar-refractivity contribution in [3.05, 3.63) is 28.3 Å². The Balaban J connectivity index is 1.99. The molecule has 0 unspecified atom stereocenters. The standard InChI is InChI=1S/C15H23N3O3/c1-2-16-12-7-13(9-14(8-12)18(20)21)17-10-11-3-5-15(19)6-4-11/h7-9,11,15-17,19H,2-6,10H2,1H3. The van der Waals surface area contributed by atoms with Crippen molar-refractivity contribution in [3.63, 3.8) is 0 Å². The summed E-state index contributed by atoms with van der Waals surface area (Å²) in [6, 6.07) is 5.01. The Hall–Kier alpha value is -1.82. The number of nitro benzene ring substituents is 1. The van der Waals surface area contributed by atoms with Gasteiger partial charge < -0.3 is 15.7 Å². The molecular weight excluding hydrogens is 270 g/mol. The van der Waals surface area contributed by atoms with E-state index in [0.29, 0.717) is 5.92 Å². The van der Waals surface area contributed by atoms with E-state index in [-0.39, 0.29) is 16.7 Å². The van der Waals surface area contributed by atoms with Crippen LogP contribution in [0.15, 0.2) is 18.2 Å². The van der Waals surface area contributed by atoms with Crippen molar-refractivity contribution in [2.75, 3.05) is 23.7 Å². The van der Waals surface area contributed by atoms with Crippen LogP contribution in [0.25, 0.3) is 0 Å². The summed E-state index contributed by atoms with van der Waals surface area (Å²) >= 11 is 0. The Morgan fingerprint density at radius 2 is 1.81 bits per heavy atom. The van der Waals surface area contributed by atoms with Gasteiger partial charge in [0.25, 0.3) is 5.69 Å². The highest BCUT2D eigenvalue weighted by atomic mass is 16.6. The molecule has 1 saturated carbocycles. The van der Waals surface area contributed by atoms with Crippen molar-refractivity contribution in [1.82, 2.24) is 0 Å². The smallest absolute Gasteiger partial charge is 0.273 e. The summed E-state index contributed by atoms with van der Waals surface area (Å²) in [5.41, 5.74) is 1.62. The van der Waals surface area contributed by atoms with Crippen LogP contribution >= 0.6 is 0 Å². The maximum Gasteiger partial charge on any atom is 0.273 e. The number of hydrogen-bond acceptors (Lipinski definition) is 5. The van der Waals surface area contributed by atoms with Gasteiger partial charge in [-0.1, -0.05) is 0 Å². The third-order valence-corrected chi connectivity index (χ3v) is 3.92. The molecule has 0 amide bonds. The Morgan fingerprint density at radius 1 is 1.19 bits per heavy atom. The van der Waals surface area contributed by atoms with Gasteiger partial charge in [-0.3, -0.25) is 10.1 Å². The molecule has 1 aliphatic rings. The summed E-state index contributed by atoms with van der Waals surface area (Å²) in [6.07, 6.45) is 3.56. The van der Waals surface area contributed by atoms with E-state index in [2.05, 4.69) is 10.6 Å². The van der Waals surface area contributed by atoms with Crippen LogP contribution in [-0.4, -0.2) is 29.2 Å². The van der Waals surface area contributed by atoms with Crippen LogP contribution < -0.4 is 10.6 Å². The van der Waals surface area contributed by atoms with Crippen LogP contribution in [0.2, 0.25) is 0 Å². The largest absolute Gasteiger partial charge is 0.393 e. The number of aliphatic hydroxyl groups excluding tert-OH is 1. The highest BCUT2D eigenvalue weighted by molar-refractivity contribution is 5.63. The molecule has 0 heterocycles. The summed E-state index contributed by atoms with van der Waals surface area (Å²) in [5, 5.41) is 26.9. The number of anilines is 2. The number of rotatable bonds is 6. The highest BCUT2D eigenvalue weighted by Crippen LogP contribution is 2.27. The van der Waals surface area contributed by atoms with E-state index in [1.807, 2.05) is 13.0 Å². The van der Waals surface area contributed by atoms with Gasteiger partial charge in [0.1, 0.15) is 0 Å². The zero-order chi connectivity index (χ0) is 15.2. The summed E-state index contributed by atoms with van der Waals surface area (Å²) in [7, 11) is 0. The van der Waals surface area contributed by atoms with E-state index >= 15 is 0 Å². The van der Waals surface area contributed by atoms with Gasteiger partial charge in [0.15, 0.2) is 0 Å². The molecule has 116 valence electrons. The molecule has 1 fully saturated rings. The number of non-ortho nitro benzene ring substituents is 1. The van der Waals surface area contributed by atoms with E-state index in [1.54, 1.807) is 12.1 Å². The van der Waals surface area contributed by atoms with E-state index in [1.165, 1.54) is 0 Å². The van der Waals surface area contributed by atoms with Gasteiger partial charge >= 0.3 is 0 Å². The molecule has 1 aromatic carbocycles. The summed E-state index contributed by atoms with van der Waals surface area (Å²) in [6.45, 7) is 3.47. The SMILES string of the molecule is CCNc1cc(NCC2CCC(O)CC2)cc([N+](=O)[O-])c1. The third kappa shape index (κ3) is 4.60. The second kappa shape index (κ2) is 7.26. The minimum absolute atomic E-state index is 0.0926. The first-order valence-electron chi connectivity index (χ1n) is 7.53. The summed E-state index contributed by atoms with van der Waals surface area (Å²) < 4.78 is 0. The molecule has 0 spiro atoms.